The molecule has 0 aliphatic rings. The molecule has 0 aliphatic heterocycles. The first-order chi connectivity index (χ1) is 9.15. The summed E-state index contributed by atoms with van der Waals surface area (Å²) in [5, 5.41) is 5.69. The zero-order chi connectivity index (χ0) is 13.8. The number of aryl methyl sites for hydroxylation is 1. The molecule has 0 spiro atoms. The monoisotopic (exact) mass is 278 g/mol. The lowest BCUT2D eigenvalue weighted by molar-refractivity contribution is 0.0953. The number of nitrogens with two attached hydrogens (primary N) is 1. The fourth-order valence-electron chi connectivity index (χ4n) is 2.01. The second-order valence-electron chi connectivity index (χ2n) is 4.33. The fourth-order valence-corrected chi connectivity index (χ4v) is 2.76. The molecule has 0 aromatic carbocycles. The van der Waals surface area contributed by atoms with Gasteiger partial charge in [0.1, 0.15) is 0 Å². The van der Waals surface area contributed by atoms with Gasteiger partial charge in [-0.15, -0.1) is 11.3 Å². The molecule has 0 saturated heterocycles. The topological polar surface area (TPSA) is 72.9 Å². The molecule has 19 heavy (non-hydrogen) atoms. The van der Waals surface area contributed by atoms with Crippen molar-refractivity contribution in [1.29, 1.82) is 0 Å². The first kappa shape index (κ1) is 13.8. The molecule has 2 rings (SSSR count). The van der Waals surface area contributed by atoms with Gasteiger partial charge in [-0.3, -0.25) is 9.36 Å². The van der Waals surface area contributed by atoms with Crippen LogP contribution in [-0.2, 0) is 0 Å². The van der Waals surface area contributed by atoms with Gasteiger partial charge in [0.15, 0.2) is 5.13 Å². The maximum Gasteiger partial charge on any atom is 0.253 e. The Kier molecular flexibility index (Phi) is 4.34. The Bertz CT molecular complexity index is 559. The predicted octanol–water partition coefficient (Wildman–Crippen LogP) is 1.63. The number of amides is 1. The van der Waals surface area contributed by atoms with E-state index in [0.717, 1.165) is 22.9 Å². The number of carbonyl (C=O) groups is 1. The summed E-state index contributed by atoms with van der Waals surface area (Å²) in [5.74, 6) is -0.0515. The minimum atomic E-state index is -0.0515. The van der Waals surface area contributed by atoms with E-state index in [-0.39, 0.29) is 5.91 Å². The summed E-state index contributed by atoms with van der Waals surface area (Å²) < 4.78 is 2.00. The van der Waals surface area contributed by atoms with Crippen LogP contribution in [0.3, 0.4) is 0 Å². The van der Waals surface area contributed by atoms with Crippen LogP contribution in [0.4, 0.5) is 0 Å². The number of hydrogen-bond acceptors (Lipinski definition) is 4. The molecule has 0 bridgehead atoms. The number of nitrogens with zero attached hydrogens (tertiary/aromatic N) is 2. The molecular weight excluding hydrogens is 260 g/mol. The van der Waals surface area contributed by atoms with Gasteiger partial charge in [0, 0.05) is 29.5 Å². The van der Waals surface area contributed by atoms with E-state index in [9.17, 15) is 4.79 Å². The molecule has 0 atom stereocenters. The van der Waals surface area contributed by atoms with Crippen LogP contribution in [0.25, 0.3) is 5.13 Å². The molecule has 5 nitrogen and oxygen atoms in total. The SMILES string of the molecule is Cc1cc(C(=O)NCCCN)c(C)n1-c1nccs1. The van der Waals surface area contributed by atoms with Crippen LogP contribution >= 0.6 is 11.3 Å². The van der Waals surface area contributed by atoms with E-state index in [1.807, 2.05) is 29.9 Å². The molecule has 6 heteroatoms. The zero-order valence-electron chi connectivity index (χ0n) is 11.1. The molecule has 0 saturated carbocycles. The first-order valence-electron chi connectivity index (χ1n) is 6.22. The summed E-state index contributed by atoms with van der Waals surface area (Å²) in [7, 11) is 0. The van der Waals surface area contributed by atoms with E-state index in [1.165, 1.54) is 0 Å². The van der Waals surface area contributed by atoms with E-state index in [0.29, 0.717) is 18.7 Å². The van der Waals surface area contributed by atoms with Gasteiger partial charge in [0.25, 0.3) is 5.91 Å². The number of aromatic nitrogens is 2. The van der Waals surface area contributed by atoms with Gasteiger partial charge in [0.2, 0.25) is 0 Å². The molecule has 0 aliphatic carbocycles. The molecule has 0 radical (unpaired) electrons. The van der Waals surface area contributed by atoms with Gasteiger partial charge in [-0.05, 0) is 32.9 Å². The van der Waals surface area contributed by atoms with E-state index in [2.05, 4.69) is 10.3 Å². The standard InChI is InChI=1S/C13H18N4OS/c1-9-8-11(12(18)15-5-3-4-14)10(2)17(9)13-16-6-7-19-13/h6-8H,3-5,14H2,1-2H3,(H,15,18). The van der Waals surface area contributed by atoms with Gasteiger partial charge >= 0.3 is 0 Å². The van der Waals surface area contributed by atoms with E-state index in [4.69, 9.17) is 5.73 Å². The normalized spacial score (nSPS) is 10.7. The van der Waals surface area contributed by atoms with Crippen LogP contribution in [0.15, 0.2) is 17.6 Å². The average molecular weight is 278 g/mol. The lowest BCUT2D eigenvalue weighted by Gasteiger charge is -2.06. The average Bonchev–Trinajstić information content (AvgIpc) is 2.98. The highest BCUT2D eigenvalue weighted by atomic mass is 32.1. The van der Waals surface area contributed by atoms with Crippen molar-refractivity contribution in [2.45, 2.75) is 20.3 Å². The minimum Gasteiger partial charge on any atom is -0.352 e. The van der Waals surface area contributed by atoms with E-state index >= 15 is 0 Å². The molecule has 1 amide bonds. The van der Waals surface area contributed by atoms with Gasteiger partial charge < -0.3 is 11.1 Å². The molecule has 0 fully saturated rings. The third-order valence-corrected chi connectivity index (χ3v) is 3.71. The highest BCUT2D eigenvalue weighted by molar-refractivity contribution is 7.12. The molecule has 2 aromatic heterocycles. The van der Waals surface area contributed by atoms with Crippen molar-refractivity contribution < 1.29 is 4.79 Å². The maximum absolute atomic E-state index is 12.1. The first-order valence-corrected chi connectivity index (χ1v) is 7.10. The summed E-state index contributed by atoms with van der Waals surface area (Å²) in [6.45, 7) is 5.10. The largest absolute Gasteiger partial charge is 0.352 e. The maximum atomic E-state index is 12.1. The van der Waals surface area contributed by atoms with Crippen LogP contribution < -0.4 is 11.1 Å². The zero-order valence-corrected chi connectivity index (χ0v) is 12.0. The van der Waals surface area contributed by atoms with Gasteiger partial charge in [-0.2, -0.15) is 0 Å². The molecule has 3 N–H and O–H groups in total. The summed E-state index contributed by atoms with van der Waals surface area (Å²) in [5.41, 5.74) is 8.04. The van der Waals surface area contributed by atoms with Gasteiger partial charge in [0.05, 0.1) is 5.56 Å². The number of carbonyl (C=O) groups excluding carboxylic acids is 1. The third-order valence-electron chi connectivity index (χ3n) is 2.95. The molecule has 102 valence electrons. The van der Waals surface area contributed by atoms with Crippen LogP contribution in [-0.4, -0.2) is 28.5 Å². The molecular formula is C13H18N4OS. The van der Waals surface area contributed by atoms with Crippen LogP contribution in [0, 0.1) is 13.8 Å². The Hall–Kier alpha value is -1.66. The number of nitrogens with one attached hydrogen (secondary N) is 1. The lowest BCUT2D eigenvalue weighted by Crippen LogP contribution is -2.26. The number of hydrogen-bond donors (Lipinski definition) is 2. The van der Waals surface area contributed by atoms with Crippen molar-refractivity contribution in [3.05, 3.63) is 34.6 Å². The Morgan fingerprint density at radius 1 is 1.53 bits per heavy atom. The predicted molar refractivity (Wildman–Crippen MR) is 76.9 cm³/mol. The summed E-state index contributed by atoms with van der Waals surface area (Å²) in [6, 6.07) is 1.90. The van der Waals surface area contributed by atoms with E-state index in [1.54, 1.807) is 17.5 Å². The van der Waals surface area contributed by atoms with E-state index < -0.39 is 0 Å². The molecule has 0 unspecified atom stereocenters. The molecule has 2 heterocycles. The Morgan fingerprint density at radius 3 is 2.95 bits per heavy atom. The minimum absolute atomic E-state index is 0.0515. The number of thiazole rings is 1. The van der Waals surface area contributed by atoms with Crippen molar-refractivity contribution in [3.63, 3.8) is 0 Å². The highest BCUT2D eigenvalue weighted by Crippen LogP contribution is 2.22. The molecule has 2 aromatic rings. The smallest absolute Gasteiger partial charge is 0.253 e. The highest BCUT2D eigenvalue weighted by Gasteiger charge is 2.17. The fraction of sp³-hybridized carbons (Fsp3) is 0.385. The van der Waals surface area contributed by atoms with Crippen molar-refractivity contribution in [2.75, 3.05) is 13.1 Å². The second kappa shape index (κ2) is 5.99. The van der Waals surface area contributed by atoms with Crippen molar-refractivity contribution in [3.8, 4) is 5.13 Å². The van der Waals surface area contributed by atoms with Crippen molar-refractivity contribution in [1.82, 2.24) is 14.9 Å². The Morgan fingerprint density at radius 2 is 2.32 bits per heavy atom. The quantitative estimate of drug-likeness (QED) is 0.816. The van der Waals surface area contributed by atoms with Gasteiger partial charge in [-0.1, -0.05) is 0 Å². The third kappa shape index (κ3) is 2.85. The lowest BCUT2D eigenvalue weighted by atomic mass is 10.2. The Balaban J connectivity index is 2.24. The Labute approximate surface area is 116 Å². The summed E-state index contributed by atoms with van der Waals surface area (Å²) in [4.78, 5) is 16.4. The van der Waals surface area contributed by atoms with Crippen molar-refractivity contribution >= 4 is 17.2 Å². The van der Waals surface area contributed by atoms with Crippen molar-refractivity contribution in [2.24, 2.45) is 5.73 Å². The van der Waals surface area contributed by atoms with Crippen LogP contribution in [0.1, 0.15) is 28.2 Å². The van der Waals surface area contributed by atoms with Crippen LogP contribution in [0.5, 0.6) is 0 Å². The van der Waals surface area contributed by atoms with Crippen LogP contribution in [0.2, 0.25) is 0 Å². The number of rotatable bonds is 5. The second-order valence-corrected chi connectivity index (χ2v) is 5.21. The summed E-state index contributed by atoms with van der Waals surface area (Å²) >= 11 is 1.55. The summed E-state index contributed by atoms with van der Waals surface area (Å²) in [6.07, 6.45) is 2.55. The van der Waals surface area contributed by atoms with Gasteiger partial charge in [-0.25, -0.2) is 4.98 Å².